The first kappa shape index (κ1) is 28.8. The van der Waals surface area contributed by atoms with Gasteiger partial charge in [0.2, 0.25) is 17.7 Å². The molecule has 3 amide bonds. The Morgan fingerprint density at radius 3 is 2.15 bits per heavy atom. The van der Waals surface area contributed by atoms with Crippen LogP contribution in [0.25, 0.3) is 0 Å². The van der Waals surface area contributed by atoms with Crippen molar-refractivity contribution in [2.75, 3.05) is 19.6 Å². The highest BCUT2D eigenvalue weighted by Gasteiger charge is 2.39. The van der Waals surface area contributed by atoms with Gasteiger partial charge in [-0.2, -0.15) is 0 Å². The van der Waals surface area contributed by atoms with E-state index in [9.17, 15) is 24.3 Å². The fourth-order valence-corrected chi connectivity index (χ4v) is 3.93. The third kappa shape index (κ3) is 9.26. The summed E-state index contributed by atoms with van der Waals surface area (Å²) in [5.41, 5.74) is 17.0. The van der Waals surface area contributed by atoms with E-state index in [4.69, 9.17) is 17.2 Å². The van der Waals surface area contributed by atoms with E-state index in [0.29, 0.717) is 64.6 Å². The molecule has 33 heavy (non-hydrogen) atoms. The molecule has 0 bridgehead atoms. The summed E-state index contributed by atoms with van der Waals surface area (Å²) >= 11 is 0. The van der Waals surface area contributed by atoms with Gasteiger partial charge < -0.3 is 37.8 Å². The summed E-state index contributed by atoms with van der Waals surface area (Å²) in [5.74, 6) is -2.69. The standard InChI is InChI=1S/C22H42N6O5/c1-14(2)18(22(32)33)27-20(30)17-10-7-13-28(17)21(31)16(9-4-6-12-24)26-19(29)15(25)8-3-5-11-23/h14-18H,3-13,23-25H2,1-2H3,(H,26,29)(H,27,30)(H,32,33). The molecular formula is C22H42N6O5. The molecule has 4 unspecified atom stereocenters. The lowest BCUT2D eigenvalue weighted by molar-refractivity contribution is -0.145. The molecule has 0 aromatic heterocycles. The maximum absolute atomic E-state index is 13.4. The van der Waals surface area contributed by atoms with Crippen LogP contribution in [-0.4, -0.2) is 77.5 Å². The van der Waals surface area contributed by atoms with Crippen molar-refractivity contribution in [1.29, 1.82) is 0 Å². The van der Waals surface area contributed by atoms with Crippen LogP contribution in [0.2, 0.25) is 0 Å². The highest BCUT2D eigenvalue weighted by Crippen LogP contribution is 2.21. The van der Waals surface area contributed by atoms with Gasteiger partial charge in [-0.3, -0.25) is 14.4 Å². The molecule has 11 heteroatoms. The Morgan fingerprint density at radius 2 is 1.61 bits per heavy atom. The van der Waals surface area contributed by atoms with Crippen LogP contribution in [0.3, 0.4) is 0 Å². The van der Waals surface area contributed by atoms with Crippen LogP contribution in [0.4, 0.5) is 0 Å². The fraction of sp³-hybridized carbons (Fsp3) is 0.818. The number of hydrogen-bond acceptors (Lipinski definition) is 7. The number of hydrogen-bond donors (Lipinski definition) is 6. The molecule has 11 nitrogen and oxygen atoms in total. The average Bonchev–Trinajstić information content (AvgIpc) is 3.25. The lowest BCUT2D eigenvalue weighted by Crippen LogP contribution is -2.57. The number of nitrogens with two attached hydrogens (primary N) is 3. The maximum Gasteiger partial charge on any atom is 0.326 e. The van der Waals surface area contributed by atoms with Crippen LogP contribution in [-0.2, 0) is 19.2 Å². The first-order valence-electron chi connectivity index (χ1n) is 11.9. The zero-order valence-electron chi connectivity index (χ0n) is 19.9. The number of rotatable bonds is 15. The van der Waals surface area contributed by atoms with Crippen molar-refractivity contribution < 1.29 is 24.3 Å². The molecule has 1 heterocycles. The molecule has 0 saturated carbocycles. The highest BCUT2D eigenvalue weighted by atomic mass is 16.4. The summed E-state index contributed by atoms with van der Waals surface area (Å²) in [6, 6.07) is -3.38. The second-order valence-electron chi connectivity index (χ2n) is 8.99. The summed E-state index contributed by atoms with van der Waals surface area (Å²) in [7, 11) is 0. The van der Waals surface area contributed by atoms with Crippen LogP contribution in [0.15, 0.2) is 0 Å². The molecule has 1 aliphatic heterocycles. The third-order valence-electron chi connectivity index (χ3n) is 5.94. The van der Waals surface area contributed by atoms with Crippen molar-refractivity contribution >= 4 is 23.7 Å². The Hall–Kier alpha value is -2.24. The van der Waals surface area contributed by atoms with Crippen molar-refractivity contribution in [3.8, 4) is 0 Å². The number of amides is 3. The summed E-state index contributed by atoms with van der Waals surface area (Å²) in [6.45, 7) is 4.76. The summed E-state index contributed by atoms with van der Waals surface area (Å²) in [5, 5.41) is 14.7. The van der Waals surface area contributed by atoms with Gasteiger partial charge in [-0.25, -0.2) is 4.79 Å². The van der Waals surface area contributed by atoms with Gasteiger partial charge in [-0.05, 0) is 64.0 Å². The fourth-order valence-electron chi connectivity index (χ4n) is 3.93. The molecule has 0 aliphatic carbocycles. The lowest BCUT2D eigenvalue weighted by Gasteiger charge is -2.30. The van der Waals surface area contributed by atoms with Gasteiger partial charge in [0, 0.05) is 6.54 Å². The number of carbonyl (C=O) groups is 4. The Labute approximate surface area is 196 Å². The van der Waals surface area contributed by atoms with Crippen molar-refractivity contribution in [2.24, 2.45) is 23.1 Å². The molecule has 1 rings (SSSR count). The molecule has 0 aromatic rings. The number of aliphatic carboxylic acids is 1. The van der Waals surface area contributed by atoms with Gasteiger partial charge in [0.05, 0.1) is 6.04 Å². The third-order valence-corrected chi connectivity index (χ3v) is 5.94. The van der Waals surface area contributed by atoms with Gasteiger partial charge >= 0.3 is 5.97 Å². The first-order valence-corrected chi connectivity index (χ1v) is 11.9. The Kier molecular flexibility index (Phi) is 12.9. The number of nitrogens with one attached hydrogen (secondary N) is 2. The minimum Gasteiger partial charge on any atom is -0.480 e. The molecule has 1 fully saturated rings. The van der Waals surface area contributed by atoms with Gasteiger partial charge in [-0.1, -0.05) is 20.3 Å². The summed E-state index contributed by atoms with van der Waals surface area (Å²) in [6.07, 6.45) is 4.70. The largest absolute Gasteiger partial charge is 0.480 e. The van der Waals surface area contributed by atoms with Crippen LogP contribution in [0.1, 0.15) is 65.2 Å². The molecule has 1 aliphatic rings. The highest BCUT2D eigenvalue weighted by molar-refractivity contribution is 5.94. The molecule has 0 spiro atoms. The van der Waals surface area contributed by atoms with Crippen LogP contribution >= 0.6 is 0 Å². The van der Waals surface area contributed by atoms with E-state index in [1.165, 1.54) is 4.90 Å². The Balaban J connectivity index is 2.90. The van der Waals surface area contributed by atoms with E-state index in [-0.39, 0.29) is 11.8 Å². The molecule has 0 aromatic carbocycles. The molecule has 0 radical (unpaired) electrons. The van der Waals surface area contributed by atoms with E-state index >= 15 is 0 Å². The first-order chi connectivity index (χ1) is 15.6. The molecule has 9 N–H and O–H groups in total. The van der Waals surface area contributed by atoms with Crippen molar-refractivity contribution in [3.05, 3.63) is 0 Å². The molecule has 1 saturated heterocycles. The zero-order chi connectivity index (χ0) is 25.0. The van der Waals surface area contributed by atoms with Gasteiger partial charge in [0.15, 0.2) is 0 Å². The van der Waals surface area contributed by atoms with Crippen molar-refractivity contribution in [2.45, 2.75) is 89.4 Å². The molecule has 190 valence electrons. The van der Waals surface area contributed by atoms with E-state index in [0.717, 1.165) is 6.42 Å². The van der Waals surface area contributed by atoms with Gasteiger partial charge in [0.25, 0.3) is 0 Å². The minimum absolute atomic E-state index is 0.305. The molecular weight excluding hydrogens is 428 g/mol. The van der Waals surface area contributed by atoms with Crippen molar-refractivity contribution in [3.63, 3.8) is 0 Å². The summed E-state index contributed by atoms with van der Waals surface area (Å²) < 4.78 is 0. The smallest absolute Gasteiger partial charge is 0.326 e. The predicted octanol–water partition coefficient (Wildman–Crippen LogP) is -0.727. The monoisotopic (exact) mass is 470 g/mol. The second-order valence-corrected chi connectivity index (χ2v) is 8.99. The van der Waals surface area contributed by atoms with Crippen LogP contribution in [0.5, 0.6) is 0 Å². The molecule has 4 atom stereocenters. The van der Waals surface area contributed by atoms with E-state index < -0.39 is 42.0 Å². The van der Waals surface area contributed by atoms with E-state index in [1.807, 2.05) is 0 Å². The topological polar surface area (TPSA) is 194 Å². The number of unbranched alkanes of at least 4 members (excludes halogenated alkanes) is 2. The van der Waals surface area contributed by atoms with E-state index in [2.05, 4.69) is 10.6 Å². The second kappa shape index (κ2) is 14.8. The van der Waals surface area contributed by atoms with Crippen LogP contribution in [0, 0.1) is 5.92 Å². The number of carboxylic acids is 1. The quantitative estimate of drug-likeness (QED) is 0.169. The number of likely N-dealkylation sites (tertiary alicyclic amines) is 1. The Morgan fingerprint density at radius 1 is 1.00 bits per heavy atom. The number of carboxylic acid groups (broad SMARTS) is 1. The normalized spacial score (nSPS) is 18.6. The Bertz CT molecular complexity index is 659. The average molecular weight is 471 g/mol. The summed E-state index contributed by atoms with van der Waals surface area (Å²) in [4.78, 5) is 51.7. The minimum atomic E-state index is -1.12. The van der Waals surface area contributed by atoms with Gasteiger partial charge in [0.1, 0.15) is 18.1 Å². The van der Waals surface area contributed by atoms with Crippen LogP contribution < -0.4 is 27.8 Å². The predicted molar refractivity (Wildman–Crippen MR) is 125 cm³/mol. The number of carbonyl (C=O) groups excluding carboxylic acids is 3. The van der Waals surface area contributed by atoms with Gasteiger partial charge in [-0.15, -0.1) is 0 Å². The number of nitrogens with zero attached hydrogens (tertiary/aromatic N) is 1. The maximum atomic E-state index is 13.4. The van der Waals surface area contributed by atoms with E-state index in [1.54, 1.807) is 13.8 Å². The SMILES string of the molecule is CC(C)C(NC(=O)C1CCCN1C(=O)C(CCCCN)NC(=O)C(N)CCCCN)C(=O)O. The van der Waals surface area contributed by atoms with Crippen molar-refractivity contribution in [1.82, 2.24) is 15.5 Å². The lowest BCUT2D eigenvalue weighted by atomic mass is 10.0. The zero-order valence-corrected chi connectivity index (χ0v) is 19.9.